The molecule has 0 aliphatic heterocycles. The molecule has 0 saturated carbocycles. The fourth-order valence-electron chi connectivity index (χ4n) is 1.86. The third kappa shape index (κ3) is 4.04. The molecule has 3 heteroatoms. The summed E-state index contributed by atoms with van der Waals surface area (Å²) in [7, 11) is 1.69. The maximum atomic E-state index is 6.36. The zero-order valence-corrected chi connectivity index (χ0v) is 12.0. The fourth-order valence-corrected chi connectivity index (χ4v) is 3.02. The summed E-state index contributed by atoms with van der Waals surface area (Å²) in [4.78, 5) is 1.37. The molecule has 1 aromatic heterocycles. The minimum atomic E-state index is 0.214. The van der Waals surface area contributed by atoms with Gasteiger partial charge in [0.25, 0.3) is 0 Å². The average molecular weight is 281 g/mol. The SMILES string of the molecule is COc1ccc(CCC(Cl)Cc2cccs2)cc1. The van der Waals surface area contributed by atoms with E-state index in [1.54, 1.807) is 18.4 Å². The Bertz CT molecular complexity index is 450. The van der Waals surface area contributed by atoms with E-state index in [2.05, 4.69) is 29.6 Å². The first kappa shape index (κ1) is 13.4. The minimum Gasteiger partial charge on any atom is -0.497 e. The van der Waals surface area contributed by atoms with Gasteiger partial charge in [-0.25, -0.2) is 0 Å². The number of benzene rings is 1. The van der Waals surface area contributed by atoms with Gasteiger partial charge in [-0.05, 0) is 48.4 Å². The summed E-state index contributed by atoms with van der Waals surface area (Å²) in [6.07, 6.45) is 2.99. The monoisotopic (exact) mass is 280 g/mol. The van der Waals surface area contributed by atoms with Gasteiger partial charge in [-0.15, -0.1) is 22.9 Å². The van der Waals surface area contributed by atoms with E-state index in [4.69, 9.17) is 16.3 Å². The van der Waals surface area contributed by atoms with Crippen molar-refractivity contribution in [2.45, 2.75) is 24.6 Å². The van der Waals surface area contributed by atoms with Crippen LogP contribution in [0, 0.1) is 0 Å². The van der Waals surface area contributed by atoms with Crippen molar-refractivity contribution in [1.82, 2.24) is 0 Å². The second-order valence-corrected chi connectivity index (χ2v) is 5.92. The standard InChI is InChI=1S/C15H17ClOS/c1-17-14-8-5-12(6-9-14)4-7-13(16)11-15-3-2-10-18-15/h2-3,5-6,8-10,13H,4,7,11H2,1H3. The highest BCUT2D eigenvalue weighted by Gasteiger charge is 2.07. The molecule has 1 nitrogen and oxygen atoms in total. The van der Waals surface area contributed by atoms with Gasteiger partial charge in [0.2, 0.25) is 0 Å². The van der Waals surface area contributed by atoms with Gasteiger partial charge in [0.1, 0.15) is 5.75 Å². The Morgan fingerprint density at radius 2 is 2.00 bits per heavy atom. The van der Waals surface area contributed by atoms with Crippen LogP contribution in [0.2, 0.25) is 0 Å². The van der Waals surface area contributed by atoms with E-state index in [0.717, 1.165) is 25.0 Å². The molecule has 96 valence electrons. The molecule has 0 radical (unpaired) electrons. The first-order chi connectivity index (χ1) is 8.78. The molecule has 0 amide bonds. The summed E-state index contributed by atoms with van der Waals surface area (Å²) in [5, 5.41) is 2.31. The van der Waals surface area contributed by atoms with E-state index in [1.807, 2.05) is 12.1 Å². The lowest BCUT2D eigenvalue weighted by atomic mass is 10.1. The molecular formula is C15H17ClOS. The number of methoxy groups -OCH3 is 1. The number of rotatable bonds is 6. The Labute approximate surface area is 117 Å². The van der Waals surface area contributed by atoms with Crippen molar-refractivity contribution in [2.24, 2.45) is 0 Å². The molecule has 1 heterocycles. The van der Waals surface area contributed by atoms with Crippen molar-refractivity contribution in [3.05, 3.63) is 52.2 Å². The summed E-state index contributed by atoms with van der Waals surface area (Å²) < 4.78 is 5.14. The lowest BCUT2D eigenvalue weighted by Crippen LogP contribution is -2.03. The lowest BCUT2D eigenvalue weighted by Gasteiger charge is -2.08. The van der Waals surface area contributed by atoms with Gasteiger partial charge in [0, 0.05) is 10.3 Å². The Kier molecular flexibility index (Phi) is 5.09. The highest BCUT2D eigenvalue weighted by molar-refractivity contribution is 7.09. The third-order valence-electron chi connectivity index (χ3n) is 2.91. The molecular weight excluding hydrogens is 264 g/mol. The third-order valence-corrected chi connectivity index (χ3v) is 4.18. The first-order valence-electron chi connectivity index (χ1n) is 6.07. The van der Waals surface area contributed by atoms with E-state index in [-0.39, 0.29) is 5.38 Å². The Morgan fingerprint density at radius 1 is 1.22 bits per heavy atom. The van der Waals surface area contributed by atoms with Crippen LogP contribution in [0.1, 0.15) is 16.9 Å². The molecule has 18 heavy (non-hydrogen) atoms. The molecule has 0 N–H and O–H groups in total. The summed E-state index contributed by atoms with van der Waals surface area (Å²) >= 11 is 8.14. The predicted molar refractivity (Wildman–Crippen MR) is 79.0 cm³/mol. The Morgan fingerprint density at radius 3 is 2.61 bits per heavy atom. The van der Waals surface area contributed by atoms with Crippen LogP contribution in [-0.2, 0) is 12.8 Å². The number of halogens is 1. The maximum Gasteiger partial charge on any atom is 0.118 e. The minimum absolute atomic E-state index is 0.214. The normalized spacial score (nSPS) is 12.3. The van der Waals surface area contributed by atoms with Crippen LogP contribution in [-0.4, -0.2) is 12.5 Å². The van der Waals surface area contributed by atoms with E-state index < -0.39 is 0 Å². The maximum absolute atomic E-state index is 6.36. The van der Waals surface area contributed by atoms with Crippen LogP contribution in [0.4, 0.5) is 0 Å². The molecule has 0 spiro atoms. The van der Waals surface area contributed by atoms with Crippen LogP contribution in [0.3, 0.4) is 0 Å². The zero-order chi connectivity index (χ0) is 12.8. The van der Waals surface area contributed by atoms with Gasteiger partial charge < -0.3 is 4.74 Å². The Balaban J connectivity index is 1.79. The van der Waals surface area contributed by atoms with Crippen molar-refractivity contribution in [1.29, 1.82) is 0 Å². The van der Waals surface area contributed by atoms with E-state index in [1.165, 1.54) is 10.4 Å². The fraction of sp³-hybridized carbons (Fsp3) is 0.333. The molecule has 2 aromatic rings. The van der Waals surface area contributed by atoms with Gasteiger partial charge >= 0.3 is 0 Å². The lowest BCUT2D eigenvalue weighted by molar-refractivity contribution is 0.414. The van der Waals surface area contributed by atoms with Crippen molar-refractivity contribution in [3.63, 3.8) is 0 Å². The quantitative estimate of drug-likeness (QED) is 0.706. The number of thiophene rings is 1. The van der Waals surface area contributed by atoms with Crippen LogP contribution >= 0.6 is 22.9 Å². The van der Waals surface area contributed by atoms with Gasteiger partial charge in [0.05, 0.1) is 7.11 Å². The number of hydrogen-bond acceptors (Lipinski definition) is 2. The number of alkyl halides is 1. The highest BCUT2D eigenvalue weighted by Crippen LogP contribution is 2.19. The summed E-state index contributed by atoms with van der Waals surface area (Å²) in [6, 6.07) is 12.4. The van der Waals surface area contributed by atoms with Crippen molar-refractivity contribution >= 4 is 22.9 Å². The molecule has 0 aliphatic rings. The van der Waals surface area contributed by atoms with Crippen molar-refractivity contribution in [2.75, 3.05) is 7.11 Å². The number of aryl methyl sites for hydroxylation is 1. The molecule has 0 aliphatic carbocycles. The van der Waals surface area contributed by atoms with E-state index >= 15 is 0 Å². The molecule has 0 saturated heterocycles. The second kappa shape index (κ2) is 6.81. The molecule has 1 atom stereocenters. The summed E-state index contributed by atoms with van der Waals surface area (Å²) in [5.41, 5.74) is 1.31. The predicted octanol–water partition coefficient (Wildman–Crippen LogP) is 4.54. The van der Waals surface area contributed by atoms with Gasteiger partial charge in [-0.1, -0.05) is 18.2 Å². The zero-order valence-electron chi connectivity index (χ0n) is 10.4. The van der Waals surface area contributed by atoms with Gasteiger partial charge in [-0.2, -0.15) is 0 Å². The molecule has 0 fully saturated rings. The Hall–Kier alpha value is -0.990. The van der Waals surface area contributed by atoms with E-state index in [9.17, 15) is 0 Å². The largest absolute Gasteiger partial charge is 0.497 e. The topological polar surface area (TPSA) is 9.23 Å². The first-order valence-corrected chi connectivity index (χ1v) is 7.39. The second-order valence-electron chi connectivity index (χ2n) is 4.27. The smallest absolute Gasteiger partial charge is 0.118 e. The van der Waals surface area contributed by atoms with E-state index in [0.29, 0.717) is 0 Å². The number of ether oxygens (including phenoxy) is 1. The summed E-state index contributed by atoms with van der Waals surface area (Å²) in [5.74, 6) is 0.903. The molecule has 0 bridgehead atoms. The van der Waals surface area contributed by atoms with Crippen molar-refractivity contribution in [3.8, 4) is 5.75 Å². The average Bonchev–Trinajstić information content (AvgIpc) is 2.90. The molecule has 1 unspecified atom stereocenters. The number of hydrogen-bond donors (Lipinski definition) is 0. The highest BCUT2D eigenvalue weighted by atomic mass is 35.5. The summed E-state index contributed by atoms with van der Waals surface area (Å²) in [6.45, 7) is 0. The van der Waals surface area contributed by atoms with Crippen LogP contribution < -0.4 is 4.74 Å². The van der Waals surface area contributed by atoms with Crippen LogP contribution in [0.5, 0.6) is 5.75 Å². The van der Waals surface area contributed by atoms with Gasteiger partial charge in [-0.3, -0.25) is 0 Å². The van der Waals surface area contributed by atoms with Crippen LogP contribution in [0.25, 0.3) is 0 Å². The molecule has 2 rings (SSSR count). The van der Waals surface area contributed by atoms with Gasteiger partial charge in [0.15, 0.2) is 0 Å². The molecule has 1 aromatic carbocycles. The van der Waals surface area contributed by atoms with Crippen LogP contribution in [0.15, 0.2) is 41.8 Å². The van der Waals surface area contributed by atoms with Crippen molar-refractivity contribution < 1.29 is 4.74 Å².